The molecule has 0 saturated carbocycles. The molecule has 0 spiro atoms. The Morgan fingerprint density at radius 3 is 2.56 bits per heavy atom. The van der Waals surface area contributed by atoms with Gasteiger partial charge in [0, 0.05) is 37.3 Å². The fourth-order valence-corrected chi connectivity index (χ4v) is 3.65. The van der Waals surface area contributed by atoms with E-state index < -0.39 is 5.41 Å². The van der Waals surface area contributed by atoms with Crippen molar-refractivity contribution >= 4 is 5.91 Å². The molecule has 3 rings (SSSR count). The number of imidazole rings is 1. The van der Waals surface area contributed by atoms with Crippen LogP contribution in [0.3, 0.4) is 0 Å². The highest BCUT2D eigenvalue weighted by molar-refractivity contribution is 5.82. The summed E-state index contributed by atoms with van der Waals surface area (Å²) in [5.74, 6) is 2.11. The van der Waals surface area contributed by atoms with Gasteiger partial charge in [0.15, 0.2) is 0 Å². The third kappa shape index (κ3) is 4.41. The number of nitrogens with zero attached hydrogens (tertiary/aromatic N) is 2. The van der Waals surface area contributed by atoms with Gasteiger partial charge in [0.2, 0.25) is 5.91 Å². The second-order valence-electron chi connectivity index (χ2n) is 7.70. The first-order valence-electron chi connectivity index (χ1n) is 8.99. The van der Waals surface area contributed by atoms with E-state index in [0.29, 0.717) is 12.3 Å². The van der Waals surface area contributed by atoms with Gasteiger partial charge in [-0.3, -0.25) is 4.79 Å². The second kappa shape index (κ2) is 7.30. The largest absolute Gasteiger partial charge is 0.508 e. The Morgan fingerprint density at radius 2 is 1.96 bits per heavy atom. The maximum atomic E-state index is 13.0. The number of aromatic hydroxyl groups is 1. The van der Waals surface area contributed by atoms with Crippen molar-refractivity contribution in [3.63, 3.8) is 0 Å². The summed E-state index contributed by atoms with van der Waals surface area (Å²) >= 11 is 0. The average Bonchev–Trinajstić information content (AvgIpc) is 3.10. The highest BCUT2D eigenvalue weighted by Crippen LogP contribution is 2.29. The van der Waals surface area contributed by atoms with Crippen molar-refractivity contribution < 1.29 is 9.90 Å². The third-order valence-electron chi connectivity index (χ3n) is 5.10. The van der Waals surface area contributed by atoms with Gasteiger partial charge in [0.1, 0.15) is 11.6 Å². The summed E-state index contributed by atoms with van der Waals surface area (Å²) in [7, 11) is 0. The van der Waals surface area contributed by atoms with E-state index in [1.165, 1.54) is 0 Å². The SMILES string of the molecule is CC(C)(Cc1ccc(O)cc1)C(=O)N1CCC(Cc2ncc[nH]2)CC1. The summed E-state index contributed by atoms with van der Waals surface area (Å²) in [4.78, 5) is 22.5. The van der Waals surface area contributed by atoms with Crippen molar-refractivity contribution in [1.82, 2.24) is 14.9 Å². The third-order valence-corrected chi connectivity index (χ3v) is 5.10. The number of likely N-dealkylation sites (tertiary alicyclic amines) is 1. The fraction of sp³-hybridized carbons (Fsp3) is 0.500. The Labute approximate surface area is 149 Å². The molecular formula is C20H27N3O2. The first-order chi connectivity index (χ1) is 11.9. The van der Waals surface area contributed by atoms with Gasteiger partial charge in [-0.25, -0.2) is 4.98 Å². The summed E-state index contributed by atoms with van der Waals surface area (Å²) < 4.78 is 0. The number of benzene rings is 1. The summed E-state index contributed by atoms with van der Waals surface area (Å²) in [5, 5.41) is 9.40. The highest BCUT2D eigenvalue weighted by atomic mass is 16.3. The zero-order valence-corrected chi connectivity index (χ0v) is 15.0. The number of piperidine rings is 1. The molecule has 2 N–H and O–H groups in total. The summed E-state index contributed by atoms with van der Waals surface area (Å²) in [6.45, 7) is 5.67. The lowest BCUT2D eigenvalue weighted by atomic mass is 9.83. The summed E-state index contributed by atoms with van der Waals surface area (Å²) in [5.41, 5.74) is 0.633. The number of amides is 1. The van der Waals surface area contributed by atoms with Gasteiger partial charge in [-0.05, 0) is 42.9 Å². The van der Waals surface area contributed by atoms with E-state index in [4.69, 9.17) is 0 Å². The molecule has 25 heavy (non-hydrogen) atoms. The van der Waals surface area contributed by atoms with Gasteiger partial charge < -0.3 is 15.0 Å². The van der Waals surface area contributed by atoms with E-state index in [1.54, 1.807) is 18.3 Å². The van der Waals surface area contributed by atoms with Crippen LogP contribution in [0.2, 0.25) is 0 Å². The van der Waals surface area contributed by atoms with Gasteiger partial charge in [0.25, 0.3) is 0 Å². The van der Waals surface area contributed by atoms with Crippen LogP contribution >= 0.6 is 0 Å². The van der Waals surface area contributed by atoms with Crippen LogP contribution in [0.5, 0.6) is 5.75 Å². The number of hydrogen-bond acceptors (Lipinski definition) is 3. The molecule has 2 aromatic rings. The Balaban J connectivity index is 1.54. The molecule has 0 unspecified atom stereocenters. The molecule has 5 heteroatoms. The zero-order valence-electron chi connectivity index (χ0n) is 15.0. The molecule has 5 nitrogen and oxygen atoms in total. The molecule has 0 radical (unpaired) electrons. The minimum absolute atomic E-state index is 0.219. The molecule has 2 heterocycles. The Kier molecular flexibility index (Phi) is 5.11. The van der Waals surface area contributed by atoms with Crippen LogP contribution in [-0.4, -0.2) is 39.0 Å². The smallest absolute Gasteiger partial charge is 0.228 e. The molecule has 134 valence electrons. The Hall–Kier alpha value is -2.30. The van der Waals surface area contributed by atoms with E-state index in [9.17, 15) is 9.90 Å². The van der Waals surface area contributed by atoms with Crippen molar-refractivity contribution in [3.05, 3.63) is 48.0 Å². The normalized spacial score (nSPS) is 16.2. The molecule has 0 bridgehead atoms. The minimum atomic E-state index is -0.440. The number of phenolic OH excluding ortho intramolecular Hbond substituents is 1. The van der Waals surface area contributed by atoms with Crippen molar-refractivity contribution in [2.24, 2.45) is 11.3 Å². The zero-order chi connectivity index (χ0) is 17.9. The van der Waals surface area contributed by atoms with Crippen molar-refractivity contribution in [2.45, 2.75) is 39.5 Å². The number of rotatable bonds is 5. The van der Waals surface area contributed by atoms with Gasteiger partial charge in [-0.15, -0.1) is 0 Å². The topological polar surface area (TPSA) is 69.2 Å². The lowest BCUT2D eigenvalue weighted by molar-refractivity contribution is -0.141. The number of nitrogens with one attached hydrogen (secondary N) is 1. The number of hydrogen-bond donors (Lipinski definition) is 2. The number of carbonyl (C=O) groups is 1. The lowest BCUT2D eigenvalue weighted by Crippen LogP contribution is -2.46. The molecule has 1 aliphatic heterocycles. The van der Waals surface area contributed by atoms with Crippen molar-refractivity contribution in [3.8, 4) is 5.75 Å². The number of aromatic nitrogens is 2. The Morgan fingerprint density at radius 1 is 1.28 bits per heavy atom. The molecule has 1 aliphatic rings. The Bertz CT molecular complexity index is 684. The van der Waals surface area contributed by atoms with E-state index in [-0.39, 0.29) is 11.7 Å². The summed E-state index contributed by atoms with van der Waals surface area (Å²) in [6.07, 6.45) is 7.35. The maximum Gasteiger partial charge on any atom is 0.228 e. The standard InChI is InChI=1S/C20H27N3O2/c1-20(2,14-16-3-5-17(24)6-4-16)19(25)23-11-7-15(8-12-23)13-18-21-9-10-22-18/h3-6,9-10,15,24H,7-8,11-14H2,1-2H3,(H,21,22). The van der Waals surface area contributed by atoms with Gasteiger partial charge in [0.05, 0.1) is 0 Å². The van der Waals surface area contributed by atoms with Gasteiger partial charge >= 0.3 is 0 Å². The van der Waals surface area contributed by atoms with Crippen LogP contribution in [0.25, 0.3) is 0 Å². The molecule has 1 aromatic carbocycles. The van der Waals surface area contributed by atoms with Crippen LogP contribution in [0.15, 0.2) is 36.7 Å². The minimum Gasteiger partial charge on any atom is -0.508 e. The van der Waals surface area contributed by atoms with Crippen molar-refractivity contribution in [2.75, 3.05) is 13.1 Å². The van der Waals surface area contributed by atoms with Crippen LogP contribution in [0, 0.1) is 11.3 Å². The van der Waals surface area contributed by atoms with Crippen LogP contribution in [0.1, 0.15) is 38.1 Å². The molecule has 0 aliphatic carbocycles. The first-order valence-corrected chi connectivity index (χ1v) is 8.99. The second-order valence-corrected chi connectivity index (χ2v) is 7.70. The van der Waals surface area contributed by atoms with Crippen LogP contribution < -0.4 is 0 Å². The predicted octanol–water partition coefficient (Wildman–Crippen LogP) is 3.17. The van der Waals surface area contributed by atoms with E-state index in [2.05, 4.69) is 9.97 Å². The monoisotopic (exact) mass is 341 g/mol. The summed E-state index contributed by atoms with van der Waals surface area (Å²) in [6, 6.07) is 7.13. The average molecular weight is 341 g/mol. The molecule has 0 atom stereocenters. The van der Waals surface area contributed by atoms with E-state index in [1.807, 2.05) is 37.1 Å². The number of carbonyl (C=O) groups excluding carboxylic acids is 1. The van der Waals surface area contributed by atoms with Crippen molar-refractivity contribution in [1.29, 1.82) is 0 Å². The quantitative estimate of drug-likeness (QED) is 0.878. The fourth-order valence-electron chi connectivity index (χ4n) is 3.65. The molecule has 1 aromatic heterocycles. The van der Waals surface area contributed by atoms with Crippen LogP contribution in [-0.2, 0) is 17.6 Å². The number of phenols is 1. The number of H-pyrrole nitrogens is 1. The van der Waals surface area contributed by atoms with Gasteiger partial charge in [-0.1, -0.05) is 26.0 Å². The first kappa shape index (κ1) is 17.5. The molecular weight excluding hydrogens is 314 g/mol. The molecule has 1 saturated heterocycles. The van der Waals surface area contributed by atoms with E-state index >= 15 is 0 Å². The van der Waals surface area contributed by atoms with E-state index in [0.717, 1.165) is 43.7 Å². The highest BCUT2D eigenvalue weighted by Gasteiger charge is 2.34. The lowest BCUT2D eigenvalue weighted by Gasteiger charge is -2.37. The molecule has 1 amide bonds. The predicted molar refractivity (Wildman–Crippen MR) is 97.2 cm³/mol. The number of aromatic amines is 1. The molecule has 1 fully saturated rings. The maximum absolute atomic E-state index is 13.0. The van der Waals surface area contributed by atoms with Crippen LogP contribution in [0.4, 0.5) is 0 Å². The van der Waals surface area contributed by atoms with Gasteiger partial charge in [-0.2, -0.15) is 0 Å².